The molecule has 1 aliphatic rings. The van der Waals surface area contributed by atoms with Crippen molar-refractivity contribution in [3.8, 4) is 0 Å². The fourth-order valence-electron chi connectivity index (χ4n) is 1.77. The number of hydrogen-bond acceptors (Lipinski definition) is 8. The van der Waals surface area contributed by atoms with E-state index in [0.717, 1.165) is 6.92 Å². The van der Waals surface area contributed by atoms with Gasteiger partial charge in [-0.2, -0.15) is 0 Å². The number of hydrogen-bond donors (Lipinski definition) is 1. The molecule has 0 bridgehead atoms. The molecule has 1 rings (SSSR count). The van der Waals surface area contributed by atoms with Gasteiger partial charge in [0.05, 0.1) is 7.11 Å². The van der Waals surface area contributed by atoms with Crippen LogP contribution in [0.4, 0.5) is 0 Å². The molecule has 0 aromatic carbocycles. The average Bonchev–Trinajstić information content (AvgIpc) is 2.38. The van der Waals surface area contributed by atoms with Gasteiger partial charge < -0.3 is 24.1 Å². The summed E-state index contributed by atoms with van der Waals surface area (Å²) in [5.74, 6) is -2.67. The van der Waals surface area contributed by atoms with Crippen molar-refractivity contribution in [3.05, 3.63) is 0 Å². The van der Waals surface area contributed by atoms with Gasteiger partial charge in [-0.05, 0) is 0 Å². The number of carbonyl (C=O) groups is 4. The molecule has 132 valence electrons. The first kappa shape index (κ1) is 21.3. The molecule has 0 aliphatic carbocycles. The number of aliphatic carboxylic acids is 1. The highest BCUT2D eigenvalue weighted by Crippen LogP contribution is 2.29. The maximum absolute atomic E-state index is 11.6. The number of ether oxygens (including phenoxy) is 4. The van der Waals surface area contributed by atoms with Crippen LogP contribution in [0.2, 0.25) is 0 Å². The maximum atomic E-state index is 11.6. The van der Waals surface area contributed by atoms with E-state index in [1.807, 2.05) is 0 Å². The SMILES string of the molecule is CC(=O)O.COC(=O)C1O[C@H](Br)CC(OC(C)=O)[C@@H]1OC(C)=O. The number of rotatable bonds is 3. The van der Waals surface area contributed by atoms with E-state index in [1.54, 1.807) is 0 Å². The summed E-state index contributed by atoms with van der Waals surface area (Å²) >= 11 is 3.19. The molecule has 0 aromatic rings. The second-order valence-corrected chi connectivity index (χ2v) is 5.49. The number of carboxylic acids is 1. The van der Waals surface area contributed by atoms with Gasteiger partial charge in [0.15, 0.2) is 12.2 Å². The number of halogens is 1. The van der Waals surface area contributed by atoms with Gasteiger partial charge in [-0.3, -0.25) is 14.4 Å². The first-order valence-corrected chi connectivity index (χ1v) is 7.41. The molecule has 10 heteroatoms. The fourth-order valence-corrected chi connectivity index (χ4v) is 2.37. The molecule has 1 N–H and O–H groups in total. The summed E-state index contributed by atoms with van der Waals surface area (Å²) in [4.78, 5) is 42.8. The van der Waals surface area contributed by atoms with E-state index >= 15 is 0 Å². The van der Waals surface area contributed by atoms with Crippen LogP contribution in [-0.4, -0.2) is 59.4 Å². The van der Waals surface area contributed by atoms with Crippen LogP contribution in [0.3, 0.4) is 0 Å². The Bertz CT molecular complexity index is 447. The van der Waals surface area contributed by atoms with E-state index in [1.165, 1.54) is 21.0 Å². The number of carboxylic acid groups (broad SMARTS) is 1. The number of esters is 3. The number of alkyl halides is 1. The molecule has 23 heavy (non-hydrogen) atoms. The smallest absolute Gasteiger partial charge is 0.339 e. The molecule has 0 spiro atoms. The lowest BCUT2D eigenvalue weighted by Gasteiger charge is -2.37. The van der Waals surface area contributed by atoms with E-state index in [0.29, 0.717) is 0 Å². The predicted molar refractivity (Wildman–Crippen MR) is 78.6 cm³/mol. The fraction of sp³-hybridized carbons (Fsp3) is 0.692. The zero-order valence-corrected chi connectivity index (χ0v) is 14.7. The van der Waals surface area contributed by atoms with Crippen molar-refractivity contribution < 1.29 is 43.2 Å². The minimum absolute atomic E-state index is 0.255. The standard InChI is InChI=1S/C11H15BrO7.C2H4O2/c1-5(13)17-7-4-8(12)19-10(11(15)16-3)9(7)18-6(2)14;1-2(3)4/h7-10H,4H2,1-3H3;1H3,(H,3,4)/t7?,8-,9-,10?;/m0./s1. The van der Waals surface area contributed by atoms with Gasteiger partial charge in [-0.15, -0.1) is 0 Å². The third kappa shape index (κ3) is 8.50. The van der Waals surface area contributed by atoms with Gasteiger partial charge in [-0.25, -0.2) is 4.79 Å². The third-order valence-corrected chi connectivity index (χ3v) is 3.02. The second kappa shape index (κ2) is 10.2. The summed E-state index contributed by atoms with van der Waals surface area (Å²) in [6.07, 6.45) is -2.69. The van der Waals surface area contributed by atoms with E-state index < -0.39 is 47.2 Å². The number of carbonyl (C=O) groups excluding carboxylic acids is 3. The maximum Gasteiger partial charge on any atom is 0.339 e. The van der Waals surface area contributed by atoms with Gasteiger partial charge >= 0.3 is 17.9 Å². The Labute approximate surface area is 141 Å². The van der Waals surface area contributed by atoms with E-state index in [-0.39, 0.29) is 6.42 Å². The largest absolute Gasteiger partial charge is 0.481 e. The third-order valence-electron chi connectivity index (χ3n) is 2.43. The van der Waals surface area contributed by atoms with E-state index in [4.69, 9.17) is 24.1 Å². The van der Waals surface area contributed by atoms with Crippen LogP contribution in [-0.2, 0) is 38.1 Å². The van der Waals surface area contributed by atoms with Crippen LogP contribution >= 0.6 is 15.9 Å². The molecular formula is C13H19BrO9. The first-order chi connectivity index (χ1) is 10.6. The van der Waals surface area contributed by atoms with Gasteiger partial charge in [-0.1, -0.05) is 15.9 Å². The summed E-state index contributed by atoms with van der Waals surface area (Å²) in [5.41, 5.74) is 0. The lowest BCUT2D eigenvalue weighted by Crippen LogP contribution is -2.54. The molecular weight excluding hydrogens is 380 g/mol. The average molecular weight is 399 g/mol. The molecule has 0 amide bonds. The van der Waals surface area contributed by atoms with Gasteiger partial charge in [0.1, 0.15) is 11.1 Å². The highest BCUT2D eigenvalue weighted by Gasteiger charge is 2.46. The van der Waals surface area contributed by atoms with Crippen LogP contribution in [0.25, 0.3) is 0 Å². The summed E-state index contributed by atoms with van der Waals surface area (Å²) in [7, 11) is 1.19. The molecule has 1 fully saturated rings. The van der Waals surface area contributed by atoms with E-state index in [9.17, 15) is 14.4 Å². The molecule has 9 nitrogen and oxygen atoms in total. The Morgan fingerprint density at radius 3 is 1.96 bits per heavy atom. The van der Waals surface area contributed by atoms with Crippen molar-refractivity contribution in [1.82, 2.24) is 0 Å². The normalized spacial score (nSPS) is 26.1. The minimum Gasteiger partial charge on any atom is -0.481 e. The zero-order chi connectivity index (χ0) is 18.2. The Morgan fingerprint density at radius 2 is 1.57 bits per heavy atom. The van der Waals surface area contributed by atoms with Crippen molar-refractivity contribution in [3.63, 3.8) is 0 Å². The summed E-state index contributed by atoms with van der Waals surface area (Å²) in [5, 5.41) is 6.91. The van der Waals surface area contributed by atoms with Gasteiger partial charge in [0.2, 0.25) is 0 Å². The van der Waals surface area contributed by atoms with Crippen molar-refractivity contribution >= 4 is 39.8 Å². The second-order valence-electron chi connectivity index (χ2n) is 4.47. The molecule has 1 saturated heterocycles. The summed E-state index contributed by atoms with van der Waals surface area (Å²) in [6, 6.07) is 0. The van der Waals surface area contributed by atoms with Crippen LogP contribution in [0.1, 0.15) is 27.2 Å². The Morgan fingerprint density at radius 1 is 1.09 bits per heavy atom. The van der Waals surface area contributed by atoms with Crippen LogP contribution in [0.5, 0.6) is 0 Å². The van der Waals surface area contributed by atoms with Crippen LogP contribution in [0.15, 0.2) is 0 Å². The van der Waals surface area contributed by atoms with Crippen LogP contribution in [0, 0.1) is 0 Å². The lowest BCUT2D eigenvalue weighted by atomic mass is 10.0. The van der Waals surface area contributed by atoms with Crippen molar-refractivity contribution in [2.75, 3.05) is 7.11 Å². The lowest BCUT2D eigenvalue weighted by molar-refractivity contribution is -0.205. The predicted octanol–water partition coefficient (Wildman–Crippen LogP) is 0.624. The Hall–Kier alpha value is -1.68. The molecule has 4 atom stereocenters. The van der Waals surface area contributed by atoms with Crippen LogP contribution < -0.4 is 0 Å². The number of methoxy groups -OCH3 is 1. The highest BCUT2D eigenvalue weighted by molar-refractivity contribution is 9.09. The summed E-state index contributed by atoms with van der Waals surface area (Å²) in [6.45, 7) is 3.51. The van der Waals surface area contributed by atoms with Crippen molar-refractivity contribution in [2.45, 2.75) is 50.5 Å². The monoisotopic (exact) mass is 398 g/mol. The first-order valence-electron chi connectivity index (χ1n) is 6.49. The zero-order valence-electron chi connectivity index (χ0n) is 13.1. The quantitative estimate of drug-likeness (QED) is 0.413. The van der Waals surface area contributed by atoms with E-state index in [2.05, 4.69) is 20.7 Å². The van der Waals surface area contributed by atoms with Crippen molar-refractivity contribution in [2.24, 2.45) is 0 Å². The molecule has 0 aromatic heterocycles. The molecule has 1 aliphatic heterocycles. The van der Waals surface area contributed by atoms with Crippen molar-refractivity contribution in [1.29, 1.82) is 0 Å². The molecule has 0 radical (unpaired) electrons. The van der Waals surface area contributed by atoms with Gasteiger partial charge in [0.25, 0.3) is 5.97 Å². The Kier molecular flexibility index (Phi) is 9.42. The minimum atomic E-state index is -1.14. The highest BCUT2D eigenvalue weighted by atomic mass is 79.9. The summed E-state index contributed by atoms with van der Waals surface area (Å²) < 4.78 is 20.0. The molecule has 0 saturated carbocycles. The Balaban J connectivity index is 0.00000108. The molecule has 1 heterocycles. The topological polar surface area (TPSA) is 125 Å². The van der Waals surface area contributed by atoms with Gasteiger partial charge in [0, 0.05) is 27.2 Å². The molecule has 2 unspecified atom stereocenters.